The van der Waals surface area contributed by atoms with Crippen molar-refractivity contribution in [1.29, 1.82) is 0 Å². The Labute approximate surface area is 178 Å². The van der Waals surface area contributed by atoms with Crippen LogP contribution in [-0.2, 0) is 20.8 Å². The van der Waals surface area contributed by atoms with Crippen molar-refractivity contribution < 1.29 is 14.4 Å². The molecule has 0 unspecified atom stereocenters. The second kappa shape index (κ2) is 12.4. The van der Waals surface area contributed by atoms with Gasteiger partial charge < -0.3 is 15.5 Å². The molecule has 0 aliphatic heterocycles. The number of nitrogens with one attached hydrogen (secondary N) is 2. The zero-order valence-electron chi connectivity index (χ0n) is 17.8. The van der Waals surface area contributed by atoms with Crippen LogP contribution in [0.15, 0.2) is 54.6 Å². The Hall–Kier alpha value is -3.15. The van der Waals surface area contributed by atoms with Crippen LogP contribution < -0.4 is 10.6 Å². The van der Waals surface area contributed by atoms with Crippen LogP contribution in [0, 0.1) is 6.92 Å². The second-order valence-corrected chi connectivity index (χ2v) is 7.35. The van der Waals surface area contributed by atoms with Gasteiger partial charge in [-0.2, -0.15) is 0 Å². The first-order chi connectivity index (χ1) is 14.5. The molecule has 2 N–H and O–H groups in total. The van der Waals surface area contributed by atoms with Crippen LogP contribution in [0.25, 0.3) is 0 Å². The first kappa shape index (κ1) is 23.1. The van der Waals surface area contributed by atoms with Gasteiger partial charge >= 0.3 is 0 Å². The molecule has 0 aliphatic carbocycles. The Balaban J connectivity index is 1.80. The second-order valence-electron chi connectivity index (χ2n) is 7.35. The molecule has 0 atom stereocenters. The summed E-state index contributed by atoms with van der Waals surface area (Å²) in [6.45, 7) is 4.38. The first-order valence-corrected chi connectivity index (χ1v) is 10.4. The summed E-state index contributed by atoms with van der Waals surface area (Å²) in [5.41, 5.74) is 2.88. The molecule has 0 radical (unpaired) electrons. The van der Waals surface area contributed by atoms with Crippen molar-refractivity contribution in [3.05, 3.63) is 65.7 Å². The molecule has 0 spiro atoms. The average molecular weight is 410 g/mol. The van der Waals surface area contributed by atoms with Crippen molar-refractivity contribution in [2.75, 3.05) is 25.0 Å². The topological polar surface area (TPSA) is 78.5 Å². The number of carbonyl (C=O) groups is 3. The molecule has 3 amide bonds. The van der Waals surface area contributed by atoms with Crippen molar-refractivity contribution in [1.82, 2.24) is 10.2 Å². The smallest absolute Gasteiger partial charge is 0.243 e. The van der Waals surface area contributed by atoms with E-state index < -0.39 is 0 Å². The van der Waals surface area contributed by atoms with Crippen molar-refractivity contribution in [2.45, 2.75) is 39.5 Å². The lowest BCUT2D eigenvalue weighted by Crippen LogP contribution is -2.43. The summed E-state index contributed by atoms with van der Waals surface area (Å²) in [5, 5.41) is 5.34. The van der Waals surface area contributed by atoms with Crippen molar-refractivity contribution in [3.63, 3.8) is 0 Å². The highest BCUT2D eigenvalue weighted by Crippen LogP contribution is 2.08. The summed E-state index contributed by atoms with van der Waals surface area (Å²) in [7, 11) is 0. The van der Waals surface area contributed by atoms with Crippen LogP contribution in [0.5, 0.6) is 0 Å². The van der Waals surface area contributed by atoms with Crippen LogP contribution in [0.3, 0.4) is 0 Å². The van der Waals surface area contributed by atoms with Crippen LogP contribution in [0.1, 0.15) is 37.3 Å². The van der Waals surface area contributed by atoms with Gasteiger partial charge in [-0.25, -0.2) is 0 Å². The highest BCUT2D eigenvalue weighted by molar-refractivity contribution is 5.95. The summed E-state index contributed by atoms with van der Waals surface area (Å²) in [4.78, 5) is 38.6. The Bertz CT molecular complexity index is 819. The fraction of sp³-hybridized carbons (Fsp3) is 0.375. The molecule has 0 saturated carbocycles. The number of amides is 3. The fourth-order valence-electron chi connectivity index (χ4n) is 2.95. The monoisotopic (exact) mass is 409 g/mol. The molecule has 0 aliphatic rings. The van der Waals surface area contributed by atoms with E-state index in [-0.39, 0.29) is 30.8 Å². The molecular formula is C24H31N3O3. The SMILES string of the molecule is CCCCN(CC(=O)NCC(=O)Nc1ccc(C)cc1)C(=O)CCc1ccccc1. The lowest BCUT2D eigenvalue weighted by atomic mass is 10.1. The number of hydrogen-bond donors (Lipinski definition) is 2. The fourth-order valence-corrected chi connectivity index (χ4v) is 2.95. The number of anilines is 1. The van der Waals surface area contributed by atoms with Crippen LogP contribution >= 0.6 is 0 Å². The van der Waals surface area contributed by atoms with Crippen LogP contribution in [0.4, 0.5) is 5.69 Å². The van der Waals surface area contributed by atoms with Gasteiger partial charge in [0.2, 0.25) is 17.7 Å². The number of benzene rings is 2. The molecule has 2 rings (SSSR count). The first-order valence-electron chi connectivity index (χ1n) is 10.4. The van der Waals surface area contributed by atoms with Gasteiger partial charge in [0.1, 0.15) is 0 Å². The number of hydrogen-bond acceptors (Lipinski definition) is 3. The zero-order valence-corrected chi connectivity index (χ0v) is 17.8. The Morgan fingerprint density at radius 1 is 0.933 bits per heavy atom. The summed E-state index contributed by atoms with van der Waals surface area (Å²) in [6, 6.07) is 17.2. The summed E-state index contributed by atoms with van der Waals surface area (Å²) < 4.78 is 0. The minimum absolute atomic E-state index is 0.0363. The normalized spacial score (nSPS) is 10.3. The number of aryl methyl sites for hydroxylation is 2. The number of unbranched alkanes of at least 4 members (excludes halogenated alkanes) is 1. The molecule has 0 heterocycles. The predicted molar refractivity (Wildman–Crippen MR) is 119 cm³/mol. The summed E-state index contributed by atoms with van der Waals surface area (Å²) in [5.74, 6) is -0.688. The van der Waals surface area contributed by atoms with Gasteiger partial charge in [0.05, 0.1) is 13.1 Å². The summed E-state index contributed by atoms with van der Waals surface area (Å²) >= 11 is 0. The highest BCUT2D eigenvalue weighted by atomic mass is 16.2. The average Bonchev–Trinajstić information content (AvgIpc) is 2.76. The van der Waals surface area contributed by atoms with Gasteiger partial charge in [-0.05, 0) is 37.5 Å². The molecule has 0 bridgehead atoms. The maximum atomic E-state index is 12.6. The van der Waals surface area contributed by atoms with Gasteiger partial charge in [-0.3, -0.25) is 14.4 Å². The Kier molecular flexibility index (Phi) is 9.58. The van der Waals surface area contributed by atoms with Gasteiger partial charge in [0.15, 0.2) is 0 Å². The van der Waals surface area contributed by atoms with E-state index in [1.54, 1.807) is 4.90 Å². The minimum atomic E-state index is -0.335. The number of carbonyl (C=O) groups excluding carboxylic acids is 3. The zero-order chi connectivity index (χ0) is 21.8. The highest BCUT2D eigenvalue weighted by Gasteiger charge is 2.17. The van der Waals surface area contributed by atoms with Gasteiger partial charge in [0, 0.05) is 18.7 Å². The quantitative estimate of drug-likeness (QED) is 0.598. The van der Waals surface area contributed by atoms with Gasteiger partial charge in [0.25, 0.3) is 0 Å². The molecule has 0 saturated heterocycles. The Morgan fingerprint density at radius 2 is 1.63 bits per heavy atom. The molecule has 30 heavy (non-hydrogen) atoms. The molecule has 0 fully saturated rings. The lowest BCUT2D eigenvalue weighted by Gasteiger charge is -2.22. The van der Waals surface area contributed by atoms with E-state index in [2.05, 4.69) is 10.6 Å². The molecule has 0 aromatic heterocycles. The third-order valence-corrected chi connectivity index (χ3v) is 4.72. The lowest BCUT2D eigenvalue weighted by molar-refractivity contribution is -0.136. The van der Waals surface area contributed by atoms with E-state index in [9.17, 15) is 14.4 Å². The van der Waals surface area contributed by atoms with Crippen molar-refractivity contribution >= 4 is 23.4 Å². The Morgan fingerprint density at radius 3 is 2.30 bits per heavy atom. The largest absolute Gasteiger partial charge is 0.345 e. The molecule has 6 heteroatoms. The van der Waals surface area contributed by atoms with E-state index in [0.29, 0.717) is 25.1 Å². The van der Waals surface area contributed by atoms with Crippen molar-refractivity contribution in [3.8, 4) is 0 Å². The maximum Gasteiger partial charge on any atom is 0.243 e. The molecule has 6 nitrogen and oxygen atoms in total. The van der Waals surface area contributed by atoms with E-state index in [1.807, 2.05) is 68.4 Å². The maximum absolute atomic E-state index is 12.6. The standard InChI is InChI=1S/C24H31N3O3/c1-3-4-16-27(24(30)15-12-20-8-6-5-7-9-20)18-23(29)25-17-22(28)26-21-13-10-19(2)11-14-21/h5-11,13-14H,3-4,12,15-18H2,1-2H3,(H,25,29)(H,26,28). The van der Waals surface area contributed by atoms with Crippen molar-refractivity contribution in [2.24, 2.45) is 0 Å². The van der Waals surface area contributed by atoms with Crippen LogP contribution in [0.2, 0.25) is 0 Å². The van der Waals surface area contributed by atoms with E-state index in [4.69, 9.17) is 0 Å². The number of rotatable bonds is 11. The molecule has 160 valence electrons. The third-order valence-electron chi connectivity index (χ3n) is 4.72. The molecule has 2 aromatic rings. The minimum Gasteiger partial charge on any atom is -0.345 e. The molecular weight excluding hydrogens is 378 g/mol. The van der Waals surface area contributed by atoms with E-state index in [1.165, 1.54) is 0 Å². The predicted octanol–water partition coefficient (Wildman–Crippen LogP) is 3.31. The molecule has 2 aromatic carbocycles. The van der Waals surface area contributed by atoms with Gasteiger partial charge in [-0.1, -0.05) is 61.4 Å². The number of nitrogens with zero attached hydrogens (tertiary/aromatic N) is 1. The van der Waals surface area contributed by atoms with E-state index in [0.717, 1.165) is 24.0 Å². The van der Waals surface area contributed by atoms with E-state index >= 15 is 0 Å². The summed E-state index contributed by atoms with van der Waals surface area (Å²) in [6.07, 6.45) is 2.76. The van der Waals surface area contributed by atoms with Gasteiger partial charge in [-0.15, -0.1) is 0 Å². The van der Waals surface area contributed by atoms with Crippen LogP contribution in [-0.4, -0.2) is 42.3 Å². The third kappa shape index (κ3) is 8.47.